The molecule has 0 unspecified atom stereocenters. The van der Waals surface area contributed by atoms with Gasteiger partial charge in [0.15, 0.2) is 5.82 Å². The third-order valence-corrected chi connectivity index (χ3v) is 3.10. The van der Waals surface area contributed by atoms with Crippen LogP contribution in [0.2, 0.25) is 0 Å². The molecule has 0 bridgehead atoms. The fourth-order valence-corrected chi connectivity index (χ4v) is 2.13. The van der Waals surface area contributed by atoms with Crippen LogP contribution < -0.4 is 5.32 Å². The Morgan fingerprint density at radius 2 is 2.25 bits per heavy atom. The number of fused-ring (bicyclic) bond motifs is 1. The lowest BCUT2D eigenvalue weighted by Crippen LogP contribution is -2.03. The summed E-state index contributed by atoms with van der Waals surface area (Å²) in [6, 6.07) is 5.52. The summed E-state index contributed by atoms with van der Waals surface area (Å²) in [6.45, 7) is 0. The van der Waals surface area contributed by atoms with Crippen LogP contribution >= 0.6 is 0 Å². The molecule has 1 amide bonds. The van der Waals surface area contributed by atoms with Crippen LogP contribution in [0.3, 0.4) is 0 Å². The number of aryl methyl sites for hydroxylation is 1. The summed E-state index contributed by atoms with van der Waals surface area (Å²) < 4.78 is 0. The Bertz CT molecular complexity index is 693. The van der Waals surface area contributed by atoms with E-state index in [4.69, 9.17) is 5.11 Å². The van der Waals surface area contributed by atoms with Gasteiger partial charge < -0.3 is 10.4 Å². The maximum absolute atomic E-state index is 11.3. The number of rotatable bonds is 4. The molecule has 0 spiro atoms. The summed E-state index contributed by atoms with van der Waals surface area (Å²) >= 11 is 0. The molecule has 1 aromatic heterocycles. The Kier molecular flexibility index (Phi) is 2.94. The summed E-state index contributed by atoms with van der Waals surface area (Å²) in [5, 5.41) is 18.2. The van der Waals surface area contributed by atoms with Gasteiger partial charge in [-0.15, -0.1) is 0 Å². The number of anilines is 1. The fourth-order valence-electron chi connectivity index (χ4n) is 2.13. The minimum Gasteiger partial charge on any atom is -0.481 e. The number of nitrogens with one attached hydrogen (secondary N) is 2. The molecule has 1 aliphatic heterocycles. The van der Waals surface area contributed by atoms with E-state index in [1.165, 1.54) is 0 Å². The first-order chi connectivity index (χ1) is 9.61. The number of hydrogen-bond donors (Lipinski definition) is 3. The third kappa shape index (κ3) is 2.37. The lowest BCUT2D eigenvalue weighted by atomic mass is 10.1. The van der Waals surface area contributed by atoms with Gasteiger partial charge in [-0.25, -0.2) is 4.98 Å². The van der Waals surface area contributed by atoms with Gasteiger partial charge in [0.1, 0.15) is 5.82 Å². The molecule has 1 aliphatic rings. The SMILES string of the molecule is O=C(O)CCc1nc(-c2ccc3c(c2)CC(=O)N3)n[nH]1. The van der Waals surface area contributed by atoms with Crippen molar-refractivity contribution in [1.29, 1.82) is 0 Å². The van der Waals surface area contributed by atoms with Gasteiger partial charge in [-0.3, -0.25) is 14.7 Å². The molecular weight excluding hydrogens is 260 g/mol. The van der Waals surface area contributed by atoms with Crippen LogP contribution in [0.4, 0.5) is 5.69 Å². The second-order valence-corrected chi connectivity index (χ2v) is 4.60. The van der Waals surface area contributed by atoms with Crippen molar-refractivity contribution in [2.45, 2.75) is 19.3 Å². The van der Waals surface area contributed by atoms with Gasteiger partial charge in [0, 0.05) is 17.7 Å². The normalized spacial score (nSPS) is 13.1. The Balaban J connectivity index is 1.81. The van der Waals surface area contributed by atoms with Crippen LogP contribution in [-0.2, 0) is 22.4 Å². The van der Waals surface area contributed by atoms with Gasteiger partial charge >= 0.3 is 5.97 Å². The van der Waals surface area contributed by atoms with Crippen molar-refractivity contribution >= 4 is 17.6 Å². The predicted octanol–water partition coefficient (Wildman–Crippen LogP) is 0.984. The van der Waals surface area contributed by atoms with E-state index in [-0.39, 0.29) is 12.3 Å². The smallest absolute Gasteiger partial charge is 0.303 e. The monoisotopic (exact) mass is 272 g/mol. The first-order valence-electron chi connectivity index (χ1n) is 6.18. The van der Waals surface area contributed by atoms with E-state index >= 15 is 0 Å². The number of carboxylic acid groups (broad SMARTS) is 1. The number of carbonyl (C=O) groups excluding carboxylic acids is 1. The van der Waals surface area contributed by atoms with Gasteiger partial charge in [0.25, 0.3) is 0 Å². The van der Waals surface area contributed by atoms with Crippen LogP contribution in [0, 0.1) is 0 Å². The molecule has 2 heterocycles. The fraction of sp³-hybridized carbons (Fsp3) is 0.231. The van der Waals surface area contributed by atoms with Crippen LogP contribution in [0.15, 0.2) is 18.2 Å². The maximum Gasteiger partial charge on any atom is 0.303 e. The van der Waals surface area contributed by atoms with E-state index in [1.54, 1.807) is 0 Å². The summed E-state index contributed by atoms with van der Waals surface area (Å²) in [6.07, 6.45) is 0.685. The Morgan fingerprint density at radius 3 is 3.05 bits per heavy atom. The molecule has 0 saturated carbocycles. The number of nitrogens with zero attached hydrogens (tertiary/aromatic N) is 2. The van der Waals surface area contributed by atoms with Crippen molar-refractivity contribution in [1.82, 2.24) is 15.2 Å². The maximum atomic E-state index is 11.3. The zero-order chi connectivity index (χ0) is 14.1. The van der Waals surface area contributed by atoms with E-state index < -0.39 is 5.97 Å². The van der Waals surface area contributed by atoms with Gasteiger partial charge in [0.05, 0.1) is 12.8 Å². The summed E-state index contributed by atoms with van der Waals surface area (Å²) in [4.78, 5) is 26.1. The summed E-state index contributed by atoms with van der Waals surface area (Å²) in [5.41, 5.74) is 2.54. The van der Waals surface area contributed by atoms with Gasteiger partial charge in [-0.05, 0) is 23.8 Å². The molecule has 1 aromatic carbocycles. The minimum absolute atomic E-state index is 0.0112. The molecule has 3 N–H and O–H groups in total. The lowest BCUT2D eigenvalue weighted by molar-refractivity contribution is -0.137. The van der Waals surface area contributed by atoms with E-state index in [0.29, 0.717) is 24.5 Å². The number of carboxylic acids is 1. The van der Waals surface area contributed by atoms with Crippen molar-refractivity contribution < 1.29 is 14.7 Å². The van der Waals surface area contributed by atoms with Crippen LogP contribution in [0.1, 0.15) is 17.8 Å². The molecule has 3 rings (SSSR count). The van der Waals surface area contributed by atoms with Gasteiger partial charge in [-0.1, -0.05) is 0 Å². The molecule has 0 radical (unpaired) electrons. The second kappa shape index (κ2) is 4.76. The number of H-pyrrole nitrogens is 1. The zero-order valence-corrected chi connectivity index (χ0v) is 10.5. The topological polar surface area (TPSA) is 108 Å². The molecule has 20 heavy (non-hydrogen) atoms. The average molecular weight is 272 g/mol. The number of amides is 1. The van der Waals surface area contributed by atoms with Crippen molar-refractivity contribution in [3.63, 3.8) is 0 Å². The Labute approximate surface area is 114 Å². The van der Waals surface area contributed by atoms with E-state index in [0.717, 1.165) is 16.8 Å². The van der Waals surface area contributed by atoms with Crippen LogP contribution in [-0.4, -0.2) is 32.2 Å². The molecule has 0 fully saturated rings. The number of benzene rings is 1. The highest BCUT2D eigenvalue weighted by atomic mass is 16.4. The summed E-state index contributed by atoms with van der Waals surface area (Å²) in [5.74, 6) is 0.156. The zero-order valence-electron chi connectivity index (χ0n) is 10.5. The Hall–Kier alpha value is -2.70. The second-order valence-electron chi connectivity index (χ2n) is 4.60. The first-order valence-corrected chi connectivity index (χ1v) is 6.18. The van der Waals surface area contributed by atoms with Crippen molar-refractivity contribution in [3.05, 3.63) is 29.6 Å². The third-order valence-electron chi connectivity index (χ3n) is 3.10. The van der Waals surface area contributed by atoms with Gasteiger partial charge in [-0.2, -0.15) is 5.10 Å². The molecule has 7 nitrogen and oxygen atoms in total. The lowest BCUT2D eigenvalue weighted by Gasteiger charge is -2.00. The molecule has 0 saturated heterocycles. The number of aromatic nitrogens is 3. The van der Waals surface area contributed by atoms with E-state index in [9.17, 15) is 9.59 Å². The predicted molar refractivity (Wildman–Crippen MR) is 70.1 cm³/mol. The number of aromatic amines is 1. The average Bonchev–Trinajstić information content (AvgIpc) is 3.00. The molecule has 0 aliphatic carbocycles. The highest BCUT2D eigenvalue weighted by Gasteiger charge is 2.18. The van der Waals surface area contributed by atoms with Crippen molar-refractivity contribution in [2.24, 2.45) is 0 Å². The van der Waals surface area contributed by atoms with E-state index in [2.05, 4.69) is 20.5 Å². The molecule has 7 heteroatoms. The molecule has 0 atom stereocenters. The van der Waals surface area contributed by atoms with Crippen LogP contribution in [0.25, 0.3) is 11.4 Å². The van der Waals surface area contributed by atoms with Crippen LogP contribution in [0.5, 0.6) is 0 Å². The number of carbonyl (C=O) groups is 2. The highest BCUT2D eigenvalue weighted by Crippen LogP contribution is 2.27. The van der Waals surface area contributed by atoms with Crippen molar-refractivity contribution in [3.8, 4) is 11.4 Å². The van der Waals surface area contributed by atoms with Crippen molar-refractivity contribution in [2.75, 3.05) is 5.32 Å². The van der Waals surface area contributed by atoms with E-state index in [1.807, 2.05) is 18.2 Å². The first kappa shape index (κ1) is 12.3. The highest BCUT2D eigenvalue weighted by molar-refractivity contribution is 5.99. The van der Waals surface area contributed by atoms with Gasteiger partial charge in [0.2, 0.25) is 5.91 Å². The number of aliphatic carboxylic acids is 1. The largest absolute Gasteiger partial charge is 0.481 e. The number of hydrogen-bond acceptors (Lipinski definition) is 4. The molecular formula is C13H12N4O3. The molecule has 2 aromatic rings. The summed E-state index contributed by atoms with van der Waals surface area (Å²) in [7, 11) is 0. The molecule has 102 valence electrons. The quantitative estimate of drug-likeness (QED) is 0.769. The Morgan fingerprint density at radius 1 is 1.40 bits per heavy atom. The minimum atomic E-state index is -0.870. The standard InChI is InChI=1S/C13H12N4O3/c18-11-6-8-5-7(1-2-9(8)14-11)13-15-10(16-17-13)3-4-12(19)20/h1-2,5H,3-4,6H2,(H,14,18)(H,19,20)(H,15,16,17).